The highest BCUT2D eigenvalue weighted by Crippen LogP contribution is 2.28. The Kier molecular flexibility index (Phi) is 11.0. The van der Waals surface area contributed by atoms with Gasteiger partial charge in [-0.15, -0.1) is 23.7 Å². The number of unbranched alkanes of at least 4 members (excludes halogenated alkanes) is 1. The number of hydroxylamine groups is 2. The first-order valence-corrected chi connectivity index (χ1v) is 11.3. The molecule has 1 rings (SSSR count). The van der Waals surface area contributed by atoms with E-state index >= 15 is 0 Å². The van der Waals surface area contributed by atoms with Crippen molar-refractivity contribution in [2.24, 2.45) is 5.92 Å². The molecule has 1 aromatic rings. The number of hydrogen-bond donors (Lipinski definition) is 1. The summed E-state index contributed by atoms with van der Waals surface area (Å²) in [6.45, 7) is 11.4. The van der Waals surface area contributed by atoms with Gasteiger partial charge in [0.15, 0.2) is 5.69 Å². The molecule has 2 atom stereocenters. The zero-order valence-electron chi connectivity index (χ0n) is 19.2. The zero-order chi connectivity index (χ0) is 23.6. The molecule has 0 aliphatic carbocycles. The van der Waals surface area contributed by atoms with E-state index in [1.807, 2.05) is 13.8 Å². The summed E-state index contributed by atoms with van der Waals surface area (Å²) in [6.07, 6.45) is 4.91. The largest absolute Gasteiger partial charge is 0.461 e. The summed E-state index contributed by atoms with van der Waals surface area (Å²) in [7, 11) is 0. The van der Waals surface area contributed by atoms with Crippen molar-refractivity contribution < 1.29 is 29.0 Å². The van der Waals surface area contributed by atoms with E-state index in [1.165, 1.54) is 5.06 Å². The van der Waals surface area contributed by atoms with E-state index in [4.69, 9.17) is 20.7 Å². The second-order valence-corrected chi connectivity index (χ2v) is 9.19. The number of hydrogen-bond acceptors (Lipinski definition) is 8. The molecule has 0 saturated carbocycles. The number of carbonyl (C=O) groups is 2. The average Bonchev–Trinajstić information content (AvgIpc) is 3.15. The number of esters is 1. The molecule has 1 N–H and O–H groups in total. The summed E-state index contributed by atoms with van der Waals surface area (Å²) in [6, 6.07) is -0.495. The molecular weight excluding hydrogens is 420 g/mol. The van der Waals surface area contributed by atoms with Crippen molar-refractivity contribution in [3.8, 4) is 12.3 Å². The minimum absolute atomic E-state index is 0.0562. The molecule has 0 fully saturated rings. The van der Waals surface area contributed by atoms with Gasteiger partial charge in [-0.2, -0.15) is 5.06 Å². The quantitative estimate of drug-likeness (QED) is 0.230. The van der Waals surface area contributed by atoms with Gasteiger partial charge in [0.2, 0.25) is 0 Å². The van der Waals surface area contributed by atoms with E-state index in [0.717, 1.165) is 11.3 Å². The van der Waals surface area contributed by atoms with Gasteiger partial charge in [0, 0.05) is 18.2 Å². The molecule has 0 aliphatic rings. The first-order valence-electron chi connectivity index (χ1n) is 10.4. The summed E-state index contributed by atoms with van der Waals surface area (Å²) in [5, 5.41) is 13.9. The van der Waals surface area contributed by atoms with Gasteiger partial charge in [0.1, 0.15) is 16.7 Å². The highest BCUT2D eigenvalue weighted by Gasteiger charge is 2.34. The maximum Gasteiger partial charge on any atom is 0.434 e. The molecule has 2 unspecified atom stereocenters. The SMILES string of the molecule is C#CCCCON(C(=O)OC(C)(C)C)C(CC(O)c1nc(C(=O)OCC)cs1)C(C)C. The maximum absolute atomic E-state index is 12.8. The molecule has 0 saturated heterocycles. The summed E-state index contributed by atoms with van der Waals surface area (Å²) >= 11 is 1.16. The summed E-state index contributed by atoms with van der Waals surface area (Å²) in [5.74, 6) is 1.94. The van der Waals surface area contributed by atoms with Crippen LogP contribution in [0.2, 0.25) is 0 Å². The monoisotopic (exact) mass is 454 g/mol. The third kappa shape index (κ3) is 9.25. The molecule has 0 spiro atoms. The van der Waals surface area contributed by atoms with Gasteiger partial charge in [-0.3, -0.25) is 4.84 Å². The molecule has 31 heavy (non-hydrogen) atoms. The van der Waals surface area contributed by atoms with Crippen LogP contribution in [0.25, 0.3) is 0 Å². The van der Waals surface area contributed by atoms with Crippen LogP contribution in [0.5, 0.6) is 0 Å². The fourth-order valence-corrected chi connectivity index (χ4v) is 3.42. The number of ether oxygens (including phenoxy) is 2. The third-order valence-corrected chi connectivity index (χ3v) is 5.04. The number of aliphatic hydroxyl groups excluding tert-OH is 1. The number of aromatic nitrogens is 1. The Morgan fingerprint density at radius 1 is 1.35 bits per heavy atom. The Morgan fingerprint density at radius 2 is 2.03 bits per heavy atom. The van der Waals surface area contributed by atoms with Crippen LogP contribution in [0, 0.1) is 18.3 Å². The lowest BCUT2D eigenvalue weighted by Crippen LogP contribution is -2.46. The molecule has 8 nitrogen and oxygen atoms in total. The van der Waals surface area contributed by atoms with E-state index in [2.05, 4.69) is 10.9 Å². The second kappa shape index (κ2) is 12.6. The fourth-order valence-electron chi connectivity index (χ4n) is 2.64. The summed E-state index contributed by atoms with van der Waals surface area (Å²) in [5.41, 5.74) is -0.557. The summed E-state index contributed by atoms with van der Waals surface area (Å²) in [4.78, 5) is 34.6. The Balaban J connectivity index is 3.01. The van der Waals surface area contributed by atoms with Gasteiger partial charge in [-0.25, -0.2) is 14.6 Å². The van der Waals surface area contributed by atoms with E-state index in [0.29, 0.717) is 17.8 Å². The average molecular weight is 455 g/mol. The third-order valence-electron chi connectivity index (χ3n) is 4.10. The molecule has 1 heterocycles. The van der Waals surface area contributed by atoms with Crippen molar-refractivity contribution in [2.75, 3.05) is 13.2 Å². The Labute approximate surface area is 188 Å². The molecule has 9 heteroatoms. The van der Waals surface area contributed by atoms with E-state index in [-0.39, 0.29) is 31.2 Å². The van der Waals surface area contributed by atoms with Crippen LogP contribution in [0.15, 0.2) is 5.38 Å². The number of rotatable bonds is 11. The summed E-state index contributed by atoms with van der Waals surface area (Å²) < 4.78 is 10.4. The number of thiazole rings is 1. The van der Waals surface area contributed by atoms with Crippen molar-refractivity contribution in [1.29, 1.82) is 0 Å². The molecule has 0 aliphatic heterocycles. The Morgan fingerprint density at radius 3 is 2.58 bits per heavy atom. The van der Waals surface area contributed by atoms with Gasteiger partial charge in [-0.1, -0.05) is 13.8 Å². The minimum atomic E-state index is -1.00. The van der Waals surface area contributed by atoms with Crippen LogP contribution in [-0.4, -0.2) is 52.1 Å². The normalized spacial score (nSPS) is 13.4. The van der Waals surface area contributed by atoms with Crippen LogP contribution in [0.1, 0.15) is 82.4 Å². The number of terminal acetylenes is 1. The molecule has 1 aromatic heterocycles. The van der Waals surface area contributed by atoms with Crippen molar-refractivity contribution in [3.63, 3.8) is 0 Å². The van der Waals surface area contributed by atoms with Gasteiger partial charge >= 0.3 is 12.1 Å². The van der Waals surface area contributed by atoms with E-state index in [1.54, 1.807) is 33.1 Å². The fraction of sp³-hybridized carbons (Fsp3) is 0.682. The van der Waals surface area contributed by atoms with E-state index in [9.17, 15) is 14.7 Å². The standard InChI is InChI=1S/C22H34N2O6S/c1-8-10-11-12-29-24(21(27)30-22(5,6)7)17(15(3)4)13-18(25)19-23-16(14-31-19)20(26)28-9-2/h1,14-15,17-18,25H,9-13H2,2-7H3. The first kappa shape index (κ1) is 26.9. The Bertz CT molecular complexity index is 750. The molecule has 0 aromatic carbocycles. The maximum atomic E-state index is 12.8. The topological polar surface area (TPSA) is 98.2 Å². The number of amides is 1. The van der Waals surface area contributed by atoms with Crippen molar-refractivity contribution >= 4 is 23.4 Å². The molecule has 0 bridgehead atoms. The number of aliphatic hydroxyl groups is 1. The predicted molar refractivity (Wildman–Crippen MR) is 118 cm³/mol. The van der Waals surface area contributed by atoms with Crippen molar-refractivity contribution in [3.05, 3.63) is 16.1 Å². The second-order valence-electron chi connectivity index (χ2n) is 8.30. The van der Waals surface area contributed by atoms with Crippen LogP contribution in [0.4, 0.5) is 4.79 Å². The van der Waals surface area contributed by atoms with Crippen molar-refractivity contribution in [1.82, 2.24) is 10.0 Å². The van der Waals surface area contributed by atoms with Gasteiger partial charge in [0.05, 0.1) is 19.3 Å². The predicted octanol–water partition coefficient (Wildman–Crippen LogP) is 4.35. The van der Waals surface area contributed by atoms with Crippen LogP contribution in [0.3, 0.4) is 0 Å². The van der Waals surface area contributed by atoms with Crippen molar-refractivity contribution in [2.45, 2.75) is 78.6 Å². The molecule has 1 amide bonds. The lowest BCUT2D eigenvalue weighted by molar-refractivity contribution is -0.184. The molecule has 0 radical (unpaired) electrons. The minimum Gasteiger partial charge on any atom is -0.461 e. The molecule has 174 valence electrons. The Hall–Kier alpha value is -2.15. The van der Waals surface area contributed by atoms with Gasteiger partial charge in [0.25, 0.3) is 0 Å². The van der Waals surface area contributed by atoms with E-state index < -0.39 is 29.8 Å². The number of carbonyl (C=O) groups excluding carboxylic acids is 2. The lowest BCUT2D eigenvalue weighted by atomic mass is 9.98. The highest BCUT2D eigenvalue weighted by atomic mass is 32.1. The van der Waals surface area contributed by atoms with Crippen LogP contribution in [-0.2, 0) is 14.3 Å². The van der Waals surface area contributed by atoms with Gasteiger partial charge < -0.3 is 14.6 Å². The lowest BCUT2D eigenvalue weighted by Gasteiger charge is -2.35. The highest BCUT2D eigenvalue weighted by molar-refractivity contribution is 7.09. The molecular formula is C22H34N2O6S. The van der Waals surface area contributed by atoms with Crippen LogP contribution >= 0.6 is 11.3 Å². The zero-order valence-corrected chi connectivity index (χ0v) is 20.0. The smallest absolute Gasteiger partial charge is 0.434 e. The van der Waals surface area contributed by atoms with Crippen LogP contribution < -0.4 is 0 Å². The van der Waals surface area contributed by atoms with Gasteiger partial charge in [-0.05, 0) is 40.0 Å². The number of nitrogens with zero attached hydrogens (tertiary/aromatic N) is 2. The first-order chi connectivity index (χ1) is 14.5.